The molecule has 8 nitrogen and oxygen atoms in total. The molecule has 1 aromatic rings. The standard InChI is InChI=1S/C11H6F7N3O5/c12-9(13,10(14,15)11(16,17)18)4-19-8(22)5-1-6(20(23)24)3-7(2-5)21(25)26/h1-3H,4H2,(H,19,22). The number of non-ortho nitro benzene ring substituents is 2. The summed E-state index contributed by atoms with van der Waals surface area (Å²) in [6, 6.07) is 1.20. The Bertz CT molecular complexity index is 718. The van der Waals surface area contributed by atoms with E-state index in [0.717, 1.165) is 5.32 Å². The van der Waals surface area contributed by atoms with Gasteiger partial charge in [0, 0.05) is 12.1 Å². The fraction of sp³-hybridized carbons (Fsp3) is 0.364. The van der Waals surface area contributed by atoms with E-state index in [1.165, 1.54) is 0 Å². The van der Waals surface area contributed by atoms with Crippen molar-refractivity contribution in [1.29, 1.82) is 0 Å². The molecular weight excluding hydrogens is 387 g/mol. The first-order valence-corrected chi connectivity index (χ1v) is 6.14. The van der Waals surface area contributed by atoms with Crippen molar-refractivity contribution in [2.45, 2.75) is 18.0 Å². The zero-order valence-corrected chi connectivity index (χ0v) is 12.0. The summed E-state index contributed by atoms with van der Waals surface area (Å²) in [6.45, 7) is -2.48. The molecule has 0 aromatic heterocycles. The number of benzene rings is 1. The molecule has 1 aromatic carbocycles. The van der Waals surface area contributed by atoms with Crippen molar-refractivity contribution in [3.05, 3.63) is 44.0 Å². The van der Waals surface area contributed by atoms with E-state index in [2.05, 4.69) is 0 Å². The highest BCUT2D eigenvalue weighted by atomic mass is 19.4. The summed E-state index contributed by atoms with van der Waals surface area (Å²) in [4.78, 5) is 30.5. The lowest BCUT2D eigenvalue weighted by atomic mass is 10.1. The van der Waals surface area contributed by atoms with E-state index in [9.17, 15) is 55.8 Å². The van der Waals surface area contributed by atoms with Gasteiger partial charge >= 0.3 is 18.0 Å². The predicted molar refractivity (Wildman–Crippen MR) is 68.0 cm³/mol. The van der Waals surface area contributed by atoms with Crippen LogP contribution in [0.25, 0.3) is 0 Å². The van der Waals surface area contributed by atoms with Crippen LogP contribution in [0.3, 0.4) is 0 Å². The minimum Gasteiger partial charge on any atom is -0.346 e. The van der Waals surface area contributed by atoms with Crippen LogP contribution < -0.4 is 5.32 Å². The fourth-order valence-corrected chi connectivity index (χ4v) is 1.55. The van der Waals surface area contributed by atoms with Gasteiger partial charge in [-0.15, -0.1) is 0 Å². The van der Waals surface area contributed by atoms with E-state index in [4.69, 9.17) is 0 Å². The summed E-state index contributed by atoms with van der Waals surface area (Å²) in [7, 11) is 0. The Kier molecular flexibility index (Phi) is 5.44. The largest absolute Gasteiger partial charge is 0.459 e. The number of hydrogen-bond acceptors (Lipinski definition) is 5. The molecule has 0 aliphatic rings. The Hall–Kier alpha value is -3.00. The first kappa shape index (κ1) is 21.0. The average Bonchev–Trinajstić information content (AvgIpc) is 2.50. The van der Waals surface area contributed by atoms with Gasteiger partial charge in [0.1, 0.15) is 0 Å². The molecule has 0 aliphatic carbocycles. The molecule has 0 saturated heterocycles. The van der Waals surface area contributed by atoms with Gasteiger partial charge in [-0.1, -0.05) is 0 Å². The average molecular weight is 393 g/mol. The van der Waals surface area contributed by atoms with E-state index in [-0.39, 0.29) is 0 Å². The number of carbonyl (C=O) groups is 1. The molecule has 0 saturated carbocycles. The first-order chi connectivity index (χ1) is 11.6. The quantitative estimate of drug-likeness (QED) is 0.453. The third kappa shape index (κ3) is 4.15. The number of rotatable bonds is 6. The van der Waals surface area contributed by atoms with Gasteiger partial charge in [-0.05, 0) is 0 Å². The lowest BCUT2D eigenvalue weighted by molar-refractivity contribution is -0.394. The van der Waals surface area contributed by atoms with Gasteiger partial charge in [0.05, 0.1) is 28.0 Å². The summed E-state index contributed by atoms with van der Waals surface area (Å²) in [5.74, 6) is -14.0. The summed E-state index contributed by atoms with van der Waals surface area (Å²) in [5.41, 5.74) is -2.97. The van der Waals surface area contributed by atoms with E-state index < -0.39 is 57.3 Å². The molecular formula is C11H6F7N3O5. The molecule has 15 heteroatoms. The maximum atomic E-state index is 13.1. The Labute approximate surface area is 137 Å². The number of halogens is 7. The Balaban J connectivity index is 3.08. The molecule has 0 bridgehead atoms. The number of nitrogens with one attached hydrogen (secondary N) is 1. The van der Waals surface area contributed by atoms with Gasteiger partial charge < -0.3 is 5.32 Å². The molecule has 144 valence electrons. The highest BCUT2D eigenvalue weighted by Crippen LogP contribution is 2.46. The number of nitro groups is 2. The van der Waals surface area contributed by atoms with Crippen LogP contribution in [0.15, 0.2) is 18.2 Å². The SMILES string of the molecule is O=C(NCC(F)(F)C(F)(F)C(F)(F)F)c1cc([N+](=O)[O-])cc([N+](=O)[O-])c1. The van der Waals surface area contributed by atoms with Crippen LogP contribution in [-0.2, 0) is 0 Å². The van der Waals surface area contributed by atoms with Crippen LogP contribution in [-0.4, -0.2) is 40.3 Å². The molecule has 0 radical (unpaired) electrons. The molecule has 1 rings (SSSR count). The molecule has 0 atom stereocenters. The molecule has 26 heavy (non-hydrogen) atoms. The minimum absolute atomic E-state index is 0.391. The Morgan fingerprint density at radius 2 is 1.35 bits per heavy atom. The van der Waals surface area contributed by atoms with Crippen LogP contribution in [0.4, 0.5) is 42.1 Å². The highest BCUT2D eigenvalue weighted by molar-refractivity contribution is 5.95. The monoisotopic (exact) mass is 393 g/mol. The molecule has 0 spiro atoms. The zero-order chi connectivity index (χ0) is 20.5. The lowest BCUT2D eigenvalue weighted by Crippen LogP contribution is -2.56. The number of hydrogen-bond donors (Lipinski definition) is 1. The van der Waals surface area contributed by atoms with Crippen molar-refractivity contribution in [3.8, 4) is 0 Å². The van der Waals surface area contributed by atoms with Crippen LogP contribution in [0, 0.1) is 20.2 Å². The highest BCUT2D eigenvalue weighted by Gasteiger charge is 2.72. The normalized spacial score (nSPS) is 12.6. The van der Waals surface area contributed by atoms with Crippen LogP contribution in [0.1, 0.15) is 10.4 Å². The molecule has 0 unspecified atom stereocenters. The van der Waals surface area contributed by atoms with Crippen molar-refractivity contribution in [2.75, 3.05) is 6.54 Å². The van der Waals surface area contributed by atoms with Crippen molar-refractivity contribution in [3.63, 3.8) is 0 Å². The van der Waals surface area contributed by atoms with Crippen molar-refractivity contribution in [2.24, 2.45) is 0 Å². The van der Waals surface area contributed by atoms with Crippen molar-refractivity contribution >= 4 is 17.3 Å². The van der Waals surface area contributed by atoms with Crippen LogP contribution in [0.5, 0.6) is 0 Å². The molecule has 0 aliphatic heterocycles. The fourth-order valence-electron chi connectivity index (χ4n) is 1.55. The number of nitrogens with zero attached hydrogens (tertiary/aromatic N) is 2. The maximum Gasteiger partial charge on any atom is 0.459 e. The summed E-state index contributed by atoms with van der Waals surface area (Å²) >= 11 is 0. The smallest absolute Gasteiger partial charge is 0.346 e. The lowest BCUT2D eigenvalue weighted by Gasteiger charge is -2.28. The van der Waals surface area contributed by atoms with Crippen LogP contribution in [0.2, 0.25) is 0 Å². The third-order valence-electron chi connectivity index (χ3n) is 2.87. The van der Waals surface area contributed by atoms with Crippen molar-refractivity contribution in [1.82, 2.24) is 5.32 Å². The molecule has 1 N–H and O–H groups in total. The van der Waals surface area contributed by atoms with Gasteiger partial charge in [-0.25, -0.2) is 0 Å². The van der Waals surface area contributed by atoms with E-state index >= 15 is 0 Å². The maximum absolute atomic E-state index is 13.1. The van der Waals surface area contributed by atoms with Gasteiger partial charge in [-0.3, -0.25) is 25.0 Å². The van der Waals surface area contributed by atoms with E-state index in [1.54, 1.807) is 0 Å². The second kappa shape index (κ2) is 6.72. The number of nitro benzene ring substituents is 2. The summed E-state index contributed by atoms with van der Waals surface area (Å²) in [5, 5.41) is 22.3. The molecule has 1 amide bonds. The molecule has 0 heterocycles. The van der Waals surface area contributed by atoms with Gasteiger partial charge in [0.25, 0.3) is 17.3 Å². The second-order valence-electron chi connectivity index (χ2n) is 4.71. The summed E-state index contributed by atoms with van der Waals surface area (Å²) < 4.78 is 87.5. The summed E-state index contributed by atoms with van der Waals surface area (Å²) in [6.07, 6.45) is -6.61. The second-order valence-corrected chi connectivity index (χ2v) is 4.71. The predicted octanol–water partition coefficient (Wildman–Crippen LogP) is 3.07. The van der Waals surface area contributed by atoms with Crippen LogP contribution >= 0.6 is 0 Å². The first-order valence-electron chi connectivity index (χ1n) is 6.14. The topological polar surface area (TPSA) is 115 Å². The van der Waals surface area contributed by atoms with Gasteiger partial charge in [-0.2, -0.15) is 30.7 Å². The zero-order valence-electron chi connectivity index (χ0n) is 12.0. The van der Waals surface area contributed by atoms with E-state index in [1.807, 2.05) is 0 Å². The van der Waals surface area contributed by atoms with E-state index in [0.29, 0.717) is 18.2 Å². The van der Waals surface area contributed by atoms with Gasteiger partial charge in [0.2, 0.25) is 0 Å². The minimum atomic E-state index is -6.61. The Morgan fingerprint density at radius 3 is 1.69 bits per heavy atom. The number of carbonyl (C=O) groups excluding carboxylic acids is 1. The Morgan fingerprint density at radius 1 is 0.923 bits per heavy atom. The molecule has 0 fully saturated rings. The van der Waals surface area contributed by atoms with Crippen molar-refractivity contribution < 1.29 is 45.4 Å². The number of alkyl halides is 7. The number of amides is 1. The third-order valence-corrected chi connectivity index (χ3v) is 2.87. The van der Waals surface area contributed by atoms with Gasteiger partial charge in [0.15, 0.2) is 0 Å².